The minimum Gasteiger partial charge on any atom is -0.466 e. The van der Waals surface area contributed by atoms with E-state index in [4.69, 9.17) is 15.3 Å². The first-order valence-electron chi connectivity index (χ1n) is 6.54. The molecule has 2 N–H and O–H groups in total. The molecule has 0 bridgehead atoms. The highest BCUT2D eigenvalue weighted by molar-refractivity contribution is 5.89. The van der Waals surface area contributed by atoms with Crippen LogP contribution in [0.5, 0.6) is 0 Å². The maximum Gasteiger partial charge on any atom is 0.338 e. The second kappa shape index (κ2) is 6.49. The van der Waals surface area contributed by atoms with Gasteiger partial charge in [-0.15, -0.1) is 0 Å². The number of hydrazine groups is 1. The van der Waals surface area contributed by atoms with Crippen molar-refractivity contribution in [1.29, 1.82) is 0 Å². The monoisotopic (exact) mass is 278 g/mol. The molecule has 2 atom stereocenters. The summed E-state index contributed by atoms with van der Waals surface area (Å²) in [7, 11) is 0. The Hall–Kier alpha value is -1.92. The van der Waals surface area contributed by atoms with Gasteiger partial charge in [0, 0.05) is 6.54 Å². The third kappa shape index (κ3) is 3.34. The molecular formula is C14H18N2O4. The molecule has 1 fully saturated rings. The zero-order chi connectivity index (χ0) is 14.5. The zero-order valence-corrected chi connectivity index (χ0v) is 11.3. The van der Waals surface area contributed by atoms with Crippen LogP contribution >= 0.6 is 0 Å². The second-order valence-corrected chi connectivity index (χ2v) is 4.62. The van der Waals surface area contributed by atoms with E-state index in [2.05, 4.69) is 0 Å². The molecule has 2 unspecified atom stereocenters. The molecule has 1 aromatic carbocycles. The van der Waals surface area contributed by atoms with Crippen LogP contribution in [0.15, 0.2) is 30.3 Å². The van der Waals surface area contributed by atoms with E-state index in [0.29, 0.717) is 25.3 Å². The molecular weight excluding hydrogens is 260 g/mol. The first-order chi connectivity index (χ1) is 9.61. The van der Waals surface area contributed by atoms with Gasteiger partial charge in [-0.05, 0) is 19.1 Å². The van der Waals surface area contributed by atoms with E-state index < -0.39 is 18.0 Å². The van der Waals surface area contributed by atoms with E-state index in [9.17, 15) is 9.59 Å². The van der Waals surface area contributed by atoms with Crippen LogP contribution in [0.2, 0.25) is 0 Å². The number of rotatable bonds is 4. The number of esters is 2. The average molecular weight is 278 g/mol. The van der Waals surface area contributed by atoms with Gasteiger partial charge < -0.3 is 9.47 Å². The van der Waals surface area contributed by atoms with E-state index in [-0.39, 0.29) is 5.97 Å². The Balaban J connectivity index is 2.03. The molecule has 6 nitrogen and oxygen atoms in total. The number of nitrogens with zero attached hydrogens (tertiary/aromatic N) is 1. The van der Waals surface area contributed by atoms with E-state index in [1.807, 2.05) is 6.07 Å². The molecule has 6 heteroatoms. The topological polar surface area (TPSA) is 81.9 Å². The molecule has 2 rings (SSSR count). The average Bonchev–Trinajstić information content (AvgIpc) is 2.81. The van der Waals surface area contributed by atoms with Crippen molar-refractivity contribution in [2.75, 3.05) is 19.7 Å². The minimum absolute atomic E-state index is 0.291. The van der Waals surface area contributed by atoms with Gasteiger partial charge in [0.15, 0.2) is 0 Å². The third-order valence-electron chi connectivity index (χ3n) is 3.15. The van der Waals surface area contributed by atoms with Crippen LogP contribution in [-0.4, -0.2) is 42.7 Å². The van der Waals surface area contributed by atoms with Crippen LogP contribution in [0.3, 0.4) is 0 Å². The molecule has 108 valence electrons. The van der Waals surface area contributed by atoms with Crippen molar-refractivity contribution >= 4 is 11.9 Å². The van der Waals surface area contributed by atoms with Crippen LogP contribution in [0.25, 0.3) is 0 Å². The van der Waals surface area contributed by atoms with Gasteiger partial charge in [0.1, 0.15) is 12.0 Å². The summed E-state index contributed by atoms with van der Waals surface area (Å²) in [5.74, 6) is 4.32. The molecule has 0 radical (unpaired) electrons. The normalized spacial score (nSPS) is 22.5. The molecule has 20 heavy (non-hydrogen) atoms. The lowest BCUT2D eigenvalue weighted by atomic mass is 10.1. The predicted molar refractivity (Wildman–Crippen MR) is 71.5 cm³/mol. The first kappa shape index (κ1) is 14.5. The summed E-state index contributed by atoms with van der Waals surface area (Å²) in [6, 6.07) is 8.65. The molecule has 0 amide bonds. The van der Waals surface area contributed by atoms with E-state index >= 15 is 0 Å². The Morgan fingerprint density at radius 1 is 1.30 bits per heavy atom. The summed E-state index contributed by atoms with van der Waals surface area (Å²) in [6.45, 7) is 2.67. The molecule has 1 aliphatic heterocycles. The number of carbonyl (C=O) groups excluding carboxylic acids is 2. The first-order valence-corrected chi connectivity index (χ1v) is 6.54. The molecule has 1 saturated heterocycles. The summed E-state index contributed by atoms with van der Waals surface area (Å²) >= 11 is 0. The largest absolute Gasteiger partial charge is 0.466 e. The number of carbonyl (C=O) groups is 2. The van der Waals surface area contributed by atoms with Crippen LogP contribution in [0.1, 0.15) is 17.3 Å². The number of nitrogens with two attached hydrogens (primary N) is 1. The maximum absolute atomic E-state index is 12.0. The summed E-state index contributed by atoms with van der Waals surface area (Å²) in [4.78, 5) is 23.8. The van der Waals surface area contributed by atoms with Gasteiger partial charge in [-0.25, -0.2) is 9.80 Å². The molecule has 0 saturated carbocycles. The smallest absolute Gasteiger partial charge is 0.338 e. The van der Waals surface area contributed by atoms with Gasteiger partial charge in [0.25, 0.3) is 0 Å². The summed E-state index contributed by atoms with van der Waals surface area (Å²) in [6.07, 6.45) is -0.577. The third-order valence-corrected chi connectivity index (χ3v) is 3.15. The van der Waals surface area contributed by atoms with E-state index in [1.54, 1.807) is 31.2 Å². The molecule has 0 aliphatic carbocycles. The molecule has 1 aliphatic rings. The molecule has 0 spiro atoms. The highest BCUT2D eigenvalue weighted by atomic mass is 16.6. The number of hydrogen-bond acceptors (Lipinski definition) is 6. The predicted octanol–water partition coefficient (Wildman–Crippen LogP) is 0.581. The Morgan fingerprint density at radius 3 is 2.65 bits per heavy atom. The number of benzene rings is 1. The Kier molecular flexibility index (Phi) is 4.70. The van der Waals surface area contributed by atoms with Crippen LogP contribution in [0.4, 0.5) is 0 Å². The fourth-order valence-corrected chi connectivity index (χ4v) is 2.18. The van der Waals surface area contributed by atoms with Gasteiger partial charge in [-0.3, -0.25) is 10.6 Å². The summed E-state index contributed by atoms with van der Waals surface area (Å²) < 4.78 is 10.4. The Labute approximate surface area is 117 Å². The molecule has 0 aromatic heterocycles. The lowest BCUT2D eigenvalue weighted by Crippen LogP contribution is -2.32. The van der Waals surface area contributed by atoms with E-state index in [0.717, 1.165) is 0 Å². The van der Waals surface area contributed by atoms with Crippen molar-refractivity contribution in [2.45, 2.75) is 13.0 Å². The molecule has 1 heterocycles. The fraction of sp³-hybridized carbons (Fsp3) is 0.429. The number of hydrogen-bond donors (Lipinski definition) is 1. The van der Waals surface area contributed by atoms with Crippen molar-refractivity contribution in [3.63, 3.8) is 0 Å². The van der Waals surface area contributed by atoms with Crippen LogP contribution in [0, 0.1) is 5.92 Å². The second-order valence-electron chi connectivity index (χ2n) is 4.62. The van der Waals surface area contributed by atoms with Crippen molar-refractivity contribution in [3.8, 4) is 0 Å². The molecule has 1 aromatic rings. The standard InChI is InChI=1S/C14H18N2O4/c1-2-19-14(18)11-8-16(15)9-12(11)20-13(17)10-6-4-3-5-7-10/h3-7,11-12H,2,8-9,15H2,1H3. The minimum atomic E-state index is -0.577. The summed E-state index contributed by atoms with van der Waals surface area (Å²) in [5, 5.41) is 1.46. The highest BCUT2D eigenvalue weighted by Crippen LogP contribution is 2.20. The Bertz CT molecular complexity index is 477. The lowest BCUT2D eigenvalue weighted by Gasteiger charge is -2.17. The van der Waals surface area contributed by atoms with Crippen molar-refractivity contribution in [3.05, 3.63) is 35.9 Å². The van der Waals surface area contributed by atoms with Gasteiger partial charge in [-0.1, -0.05) is 18.2 Å². The quantitative estimate of drug-likeness (QED) is 0.641. The Morgan fingerprint density at radius 2 is 2.00 bits per heavy atom. The van der Waals surface area contributed by atoms with Crippen LogP contribution < -0.4 is 5.84 Å². The lowest BCUT2D eigenvalue weighted by molar-refractivity contribution is -0.150. The van der Waals surface area contributed by atoms with Gasteiger partial charge in [0.05, 0.1) is 18.7 Å². The van der Waals surface area contributed by atoms with Gasteiger partial charge >= 0.3 is 11.9 Å². The van der Waals surface area contributed by atoms with Crippen molar-refractivity contribution < 1.29 is 19.1 Å². The van der Waals surface area contributed by atoms with Crippen molar-refractivity contribution in [1.82, 2.24) is 5.01 Å². The zero-order valence-electron chi connectivity index (χ0n) is 11.3. The van der Waals surface area contributed by atoms with Gasteiger partial charge in [0.2, 0.25) is 0 Å². The van der Waals surface area contributed by atoms with E-state index in [1.165, 1.54) is 5.01 Å². The number of ether oxygens (including phenoxy) is 2. The van der Waals surface area contributed by atoms with Crippen LogP contribution in [-0.2, 0) is 14.3 Å². The maximum atomic E-state index is 12.0. The van der Waals surface area contributed by atoms with Gasteiger partial charge in [-0.2, -0.15) is 0 Å². The fourth-order valence-electron chi connectivity index (χ4n) is 2.18. The SMILES string of the molecule is CCOC(=O)C1CN(N)CC1OC(=O)c1ccccc1. The summed E-state index contributed by atoms with van der Waals surface area (Å²) in [5.41, 5.74) is 0.450. The van der Waals surface area contributed by atoms with Crippen molar-refractivity contribution in [2.24, 2.45) is 11.8 Å². The highest BCUT2D eigenvalue weighted by Gasteiger charge is 2.40.